The van der Waals surface area contributed by atoms with Gasteiger partial charge in [0, 0.05) is 30.7 Å². The number of aromatic nitrogens is 2. The van der Waals surface area contributed by atoms with E-state index in [0.29, 0.717) is 6.54 Å². The summed E-state index contributed by atoms with van der Waals surface area (Å²) in [6.07, 6.45) is 1.08. The van der Waals surface area contributed by atoms with Crippen molar-refractivity contribution in [3.63, 3.8) is 0 Å². The zero-order valence-corrected chi connectivity index (χ0v) is 10.9. The molecular formula is C10H20N4OS. The summed E-state index contributed by atoms with van der Waals surface area (Å²) in [6.45, 7) is 5.92. The van der Waals surface area contributed by atoms with E-state index in [2.05, 4.69) is 26.7 Å². The summed E-state index contributed by atoms with van der Waals surface area (Å²) in [7, 11) is 1.98. The maximum atomic E-state index is 9.05. The van der Waals surface area contributed by atoms with Crippen molar-refractivity contribution in [1.29, 1.82) is 0 Å². The summed E-state index contributed by atoms with van der Waals surface area (Å²) in [5.74, 6) is 0. The zero-order chi connectivity index (χ0) is 12.0. The molecule has 0 radical (unpaired) electrons. The fourth-order valence-electron chi connectivity index (χ4n) is 1.22. The molecular weight excluding hydrogens is 224 g/mol. The molecule has 0 fully saturated rings. The topological polar surface area (TPSA) is 61.3 Å². The third-order valence-electron chi connectivity index (χ3n) is 2.51. The molecule has 0 saturated carbocycles. The minimum atomic E-state index is 0.140. The second-order valence-electron chi connectivity index (χ2n) is 3.92. The van der Waals surface area contributed by atoms with E-state index >= 15 is 0 Å². The highest BCUT2D eigenvalue weighted by atomic mass is 32.1. The zero-order valence-electron chi connectivity index (χ0n) is 10.1. The Morgan fingerprint density at radius 1 is 1.56 bits per heavy atom. The standard InChI is InChI=1S/C10H20N4OS/c1-4-5-11-10-9(12-13-16-10)6-14(3)8(2)7-15/h8,11,15H,4-7H2,1-3H3. The normalized spacial score (nSPS) is 13.1. The summed E-state index contributed by atoms with van der Waals surface area (Å²) in [5, 5.41) is 17.5. The van der Waals surface area contributed by atoms with Crippen LogP contribution in [0.1, 0.15) is 26.0 Å². The maximum absolute atomic E-state index is 9.05. The van der Waals surface area contributed by atoms with Crippen molar-refractivity contribution in [2.24, 2.45) is 0 Å². The molecule has 0 aliphatic rings. The highest BCUT2D eigenvalue weighted by Gasteiger charge is 2.13. The molecule has 6 heteroatoms. The number of likely N-dealkylation sites (N-methyl/N-ethyl adjacent to an activating group) is 1. The van der Waals surface area contributed by atoms with E-state index in [1.807, 2.05) is 14.0 Å². The average Bonchev–Trinajstić information content (AvgIpc) is 2.72. The number of aliphatic hydroxyl groups excluding tert-OH is 1. The lowest BCUT2D eigenvalue weighted by atomic mass is 10.3. The van der Waals surface area contributed by atoms with Gasteiger partial charge in [0.25, 0.3) is 0 Å². The van der Waals surface area contributed by atoms with E-state index in [1.54, 1.807) is 0 Å². The highest BCUT2D eigenvalue weighted by Crippen LogP contribution is 2.19. The number of nitrogens with one attached hydrogen (secondary N) is 1. The highest BCUT2D eigenvalue weighted by molar-refractivity contribution is 7.10. The monoisotopic (exact) mass is 244 g/mol. The Morgan fingerprint density at radius 2 is 2.31 bits per heavy atom. The Labute approximate surface area is 101 Å². The molecule has 5 nitrogen and oxygen atoms in total. The van der Waals surface area contributed by atoms with Crippen molar-refractivity contribution in [1.82, 2.24) is 14.5 Å². The number of aliphatic hydroxyl groups is 1. The largest absolute Gasteiger partial charge is 0.395 e. The Balaban J connectivity index is 2.55. The lowest BCUT2D eigenvalue weighted by Crippen LogP contribution is -2.31. The van der Waals surface area contributed by atoms with Crippen LogP contribution in [0.5, 0.6) is 0 Å². The van der Waals surface area contributed by atoms with Crippen molar-refractivity contribution >= 4 is 16.5 Å². The number of anilines is 1. The van der Waals surface area contributed by atoms with Crippen molar-refractivity contribution in [3.05, 3.63) is 5.69 Å². The van der Waals surface area contributed by atoms with Gasteiger partial charge in [-0.25, -0.2) is 0 Å². The van der Waals surface area contributed by atoms with Crippen LogP contribution in [0, 0.1) is 0 Å². The van der Waals surface area contributed by atoms with Gasteiger partial charge in [0.15, 0.2) is 0 Å². The number of hydrogen-bond donors (Lipinski definition) is 2. The molecule has 0 spiro atoms. The van der Waals surface area contributed by atoms with Gasteiger partial charge in [-0.2, -0.15) is 0 Å². The second-order valence-corrected chi connectivity index (χ2v) is 4.68. The average molecular weight is 244 g/mol. The van der Waals surface area contributed by atoms with Gasteiger partial charge in [-0.15, -0.1) is 5.10 Å². The quantitative estimate of drug-likeness (QED) is 0.754. The molecule has 0 saturated heterocycles. The van der Waals surface area contributed by atoms with Gasteiger partial charge in [-0.3, -0.25) is 4.90 Å². The van der Waals surface area contributed by atoms with E-state index in [1.165, 1.54) is 11.5 Å². The SMILES string of the molecule is CCCNc1snnc1CN(C)C(C)CO. The summed E-state index contributed by atoms with van der Waals surface area (Å²) in [5.41, 5.74) is 0.959. The molecule has 1 unspecified atom stereocenters. The molecule has 16 heavy (non-hydrogen) atoms. The fraction of sp³-hybridized carbons (Fsp3) is 0.800. The van der Waals surface area contributed by atoms with E-state index in [-0.39, 0.29) is 12.6 Å². The lowest BCUT2D eigenvalue weighted by molar-refractivity contribution is 0.153. The van der Waals surface area contributed by atoms with Crippen LogP contribution in [0.2, 0.25) is 0 Å². The Morgan fingerprint density at radius 3 is 2.94 bits per heavy atom. The summed E-state index contributed by atoms with van der Waals surface area (Å²) in [6, 6.07) is 0.140. The molecule has 1 aromatic heterocycles. The van der Waals surface area contributed by atoms with Gasteiger partial charge in [-0.05, 0) is 20.4 Å². The molecule has 1 atom stereocenters. The van der Waals surface area contributed by atoms with Crippen LogP contribution in [0.4, 0.5) is 5.00 Å². The van der Waals surface area contributed by atoms with Gasteiger partial charge in [-0.1, -0.05) is 11.4 Å². The van der Waals surface area contributed by atoms with Gasteiger partial charge in [0.05, 0.1) is 6.61 Å². The molecule has 2 N–H and O–H groups in total. The first-order valence-corrected chi connectivity index (χ1v) is 6.32. The molecule has 1 rings (SSSR count). The summed E-state index contributed by atoms with van der Waals surface area (Å²) in [4.78, 5) is 2.06. The predicted molar refractivity (Wildman–Crippen MR) is 66.7 cm³/mol. The van der Waals surface area contributed by atoms with E-state index < -0.39 is 0 Å². The molecule has 1 aromatic rings. The minimum Gasteiger partial charge on any atom is -0.395 e. The first-order valence-electron chi connectivity index (χ1n) is 5.55. The van der Waals surface area contributed by atoms with Crippen LogP contribution >= 0.6 is 11.5 Å². The fourth-order valence-corrected chi connectivity index (χ4v) is 1.81. The lowest BCUT2D eigenvalue weighted by Gasteiger charge is -2.21. The number of nitrogens with zero attached hydrogens (tertiary/aromatic N) is 3. The predicted octanol–water partition coefficient (Wildman–Crippen LogP) is 1.17. The van der Waals surface area contributed by atoms with Crippen LogP contribution in [0.25, 0.3) is 0 Å². The van der Waals surface area contributed by atoms with Crippen molar-refractivity contribution in [2.45, 2.75) is 32.9 Å². The van der Waals surface area contributed by atoms with Crippen molar-refractivity contribution in [2.75, 3.05) is 25.5 Å². The summed E-state index contributed by atoms with van der Waals surface area (Å²) >= 11 is 1.39. The Kier molecular flexibility index (Phi) is 5.65. The molecule has 1 heterocycles. The molecule has 0 aliphatic heterocycles. The third kappa shape index (κ3) is 3.70. The van der Waals surface area contributed by atoms with E-state index in [0.717, 1.165) is 23.7 Å². The first kappa shape index (κ1) is 13.3. The third-order valence-corrected chi connectivity index (χ3v) is 3.23. The first-order chi connectivity index (χ1) is 7.69. The second kappa shape index (κ2) is 6.78. The van der Waals surface area contributed by atoms with Gasteiger partial charge >= 0.3 is 0 Å². The van der Waals surface area contributed by atoms with Crippen LogP contribution in [-0.4, -0.2) is 45.8 Å². The maximum Gasteiger partial charge on any atom is 0.134 e. The van der Waals surface area contributed by atoms with E-state index in [9.17, 15) is 0 Å². The number of hydrogen-bond acceptors (Lipinski definition) is 6. The Bertz CT molecular complexity index is 305. The molecule has 0 aliphatic carbocycles. The minimum absolute atomic E-state index is 0.140. The van der Waals surface area contributed by atoms with E-state index in [4.69, 9.17) is 5.11 Å². The molecule has 0 amide bonds. The van der Waals surface area contributed by atoms with Crippen LogP contribution in [0.15, 0.2) is 0 Å². The molecule has 0 aromatic carbocycles. The molecule has 0 bridgehead atoms. The van der Waals surface area contributed by atoms with Crippen LogP contribution in [0.3, 0.4) is 0 Å². The smallest absolute Gasteiger partial charge is 0.134 e. The Hall–Kier alpha value is -0.720. The van der Waals surface area contributed by atoms with Crippen LogP contribution in [-0.2, 0) is 6.54 Å². The van der Waals surface area contributed by atoms with Crippen LogP contribution < -0.4 is 5.32 Å². The number of rotatable bonds is 7. The molecule has 92 valence electrons. The van der Waals surface area contributed by atoms with Crippen molar-refractivity contribution in [3.8, 4) is 0 Å². The summed E-state index contributed by atoms with van der Waals surface area (Å²) < 4.78 is 3.95. The van der Waals surface area contributed by atoms with Gasteiger partial charge in [0.1, 0.15) is 10.7 Å². The van der Waals surface area contributed by atoms with Gasteiger partial charge in [0.2, 0.25) is 0 Å². The van der Waals surface area contributed by atoms with Crippen molar-refractivity contribution < 1.29 is 5.11 Å². The van der Waals surface area contributed by atoms with Gasteiger partial charge < -0.3 is 10.4 Å².